The quantitative estimate of drug-likeness (QED) is 0.651. The first kappa shape index (κ1) is 17.7. The lowest BCUT2D eigenvalue weighted by molar-refractivity contribution is -0.134. The van der Waals surface area contributed by atoms with Crippen molar-refractivity contribution in [2.24, 2.45) is 5.10 Å². The Kier molecular flexibility index (Phi) is 4.91. The van der Waals surface area contributed by atoms with Gasteiger partial charge in [0.15, 0.2) is 0 Å². The maximum atomic E-state index is 13.0. The number of furan rings is 2. The molecule has 1 unspecified atom stereocenters. The van der Waals surface area contributed by atoms with E-state index >= 15 is 0 Å². The molecule has 4 rings (SSSR count). The second kappa shape index (κ2) is 7.50. The van der Waals surface area contributed by atoms with Gasteiger partial charge in [0.05, 0.1) is 24.1 Å². The van der Waals surface area contributed by atoms with Crippen LogP contribution in [0.4, 0.5) is 0 Å². The molecule has 0 fully saturated rings. The van der Waals surface area contributed by atoms with Crippen molar-refractivity contribution in [1.29, 1.82) is 0 Å². The summed E-state index contributed by atoms with van der Waals surface area (Å²) >= 11 is 1.64. The van der Waals surface area contributed by atoms with E-state index in [0.717, 1.165) is 21.4 Å². The first-order valence-corrected chi connectivity index (χ1v) is 9.48. The highest BCUT2D eigenvalue weighted by Crippen LogP contribution is 2.33. The van der Waals surface area contributed by atoms with Crippen molar-refractivity contribution in [1.82, 2.24) is 14.9 Å². The van der Waals surface area contributed by atoms with E-state index in [1.165, 1.54) is 5.01 Å². The lowest BCUT2D eigenvalue weighted by Crippen LogP contribution is -2.36. The average Bonchev–Trinajstić information content (AvgIpc) is 3.41. The van der Waals surface area contributed by atoms with E-state index in [-0.39, 0.29) is 18.5 Å². The van der Waals surface area contributed by atoms with Crippen molar-refractivity contribution in [3.8, 4) is 0 Å². The van der Waals surface area contributed by atoms with Gasteiger partial charge >= 0.3 is 0 Å². The molecule has 27 heavy (non-hydrogen) atoms. The van der Waals surface area contributed by atoms with E-state index in [0.29, 0.717) is 18.7 Å². The molecule has 3 aromatic heterocycles. The van der Waals surface area contributed by atoms with Crippen LogP contribution in [0.5, 0.6) is 0 Å². The van der Waals surface area contributed by atoms with Gasteiger partial charge in [0, 0.05) is 24.0 Å². The number of hydrogen-bond donors (Lipinski definition) is 0. The fourth-order valence-electron chi connectivity index (χ4n) is 3.14. The third-order valence-corrected chi connectivity index (χ3v) is 5.24. The summed E-state index contributed by atoms with van der Waals surface area (Å²) in [5.41, 5.74) is 0.746. The van der Waals surface area contributed by atoms with Crippen LogP contribution in [0, 0.1) is 6.92 Å². The first-order valence-electron chi connectivity index (χ1n) is 8.67. The van der Waals surface area contributed by atoms with Crippen LogP contribution in [-0.2, 0) is 11.3 Å². The smallest absolute Gasteiger partial charge is 0.257 e. The van der Waals surface area contributed by atoms with Crippen LogP contribution < -0.4 is 0 Å². The van der Waals surface area contributed by atoms with Gasteiger partial charge in [-0.2, -0.15) is 5.10 Å². The molecule has 0 saturated heterocycles. The molecule has 3 aromatic rings. The summed E-state index contributed by atoms with van der Waals surface area (Å²) in [5.74, 6) is 1.31. The van der Waals surface area contributed by atoms with Crippen LogP contribution in [0.2, 0.25) is 0 Å². The van der Waals surface area contributed by atoms with Gasteiger partial charge in [-0.25, -0.2) is 9.99 Å². The number of likely N-dealkylation sites (N-methyl/N-ethyl adjacent to an activating group) is 1. The topological polar surface area (TPSA) is 75.1 Å². The van der Waals surface area contributed by atoms with Gasteiger partial charge < -0.3 is 8.83 Å². The molecule has 1 aliphatic heterocycles. The number of aromatic nitrogens is 1. The lowest BCUT2D eigenvalue weighted by Gasteiger charge is -2.23. The molecule has 140 valence electrons. The van der Waals surface area contributed by atoms with Gasteiger partial charge in [-0.15, -0.1) is 11.3 Å². The first-order chi connectivity index (χ1) is 13.1. The van der Waals surface area contributed by atoms with E-state index < -0.39 is 0 Å². The van der Waals surface area contributed by atoms with Crippen LogP contribution in [0.15, 0.2) is 56.9 Å². The molecule has 4 heterocycles. The number of rotatable bonds is 6. The number of carbonyl (C=O) groups is 1. The zero-order valence-corrected chi connectivity index (χ0v) is 16.0. The number of hydrazone groups is 1. The Hall–Kier alpha value is -2.71. The molecule has 1 aliphatic rings. The highest BCUT2D eigenvalue weighted by molar-refractivity contribution is 7.11. The highest BCUT2D eigenvalue weighted by Gasteiger charge is 2.35. The number of aryl methyl sites for hydroxylation is 1. The maximum Gasteiger partial charge on any atom is 0.257 e. The van der Waals surface area contributed by atoms with Gasteiger partial charge in [0.25, 0.3) is 5.91 Å². The van der Waals surface area contributed by atoms with Gasteiger partial charge in [-0.3, -0.25) is 9.69 Å². The van der Waals surface area contributed by atoms with E-state index in [2.05, 4.69) is 10.1 Å². The molecule has 0 radical (unpaired) electrons. The van der Waals surface area contributed by atoms with E-state index in [1.54, 1.807) is 23.9 Å². The molecule has 0 bridgehead atoms. The minimum Gasteiger partial charge on any atom is -0.467 e. The second-order valence-corrected chi connectivity index (χ2v) is 7.83. The van der Waals surface area contributed by atoms with Gasteiger partial charge in [0.1, 0.15) is 23.3 Å². The van der Waals surface area contributed by atoms with E-state index in [1.807, 2.05) is 49.3 Å². The zero-order chi connectivity index (χ0) is 18.8. The van der Waals surface area contributed by atoms with Crippen molar-refractivity contribution >= 4 is 23.0 Å². The van der Waals surface area contributed by atoms with Gasteiger partial charge in [-0.1, -0.05) is 0 Å². The van der Waals surface area contributed by atoms with Crippen LogP contribution in [-0.4, -0.2) is 40.1 Å². The summed E-state index contributed by atoms with van der Waals surface area (Å²) in [7, 11) is 1.92. The van der Waals surface area contributed by atoms with Crippen molar-refractivity contribution in [3.63, 3.8) is 0 Å². The third-order valence-electron chi connectivity index (χ3n) is 4.34. The molecular weight excluding hydrogens is 364 g/mol. The third kappa shape index (κ3) is 3.86. The molecule has 1 amide bonds. The summed E-state index contributed by atoms with van der Waals surface area (Å²) in [6.07, 6.45) is 5.64. The Labute approximate surface area is 160 Å². The van der Waals surface area contributed by atoms with Crippen LogP contribution in [0.1, 0.15) is 33.9 Å². The Bertz CT molecular complexity index is 930. The van der Waals surface area contributed by atoms with Crippen LogP contribution in [0.3, 0.4) is 0 Å². The Balaban J connectivity index is 1.50. The monoisotopic (exact) mass is 384 g/mol. The summed E-state index contributed by atoms with van der Waals surface area (Å²) in [5, 5.41) is 7.08. The molecule has 7 nitrogen and oxygen atoms in total. The average molecular weight is 384 g/mol. The molecule has 8 heteroatoms. The van der Waals surface area contributed by atoms with E-state index in [4.69, 9.17) is 8.83 Å². The second-order valence-electron chi connectivity index (χ2n) is 6.52. The normalized spacial score (nSPS) is 16.9. The minimum absolute atomic E-state index is 0.0818. The molecule has 0 aromatic carbocycles. The SMILES string of the molecule is Cc1ncc(CN(C)CC(=O)N2N=C(c3ccco3)CC2c2ccco2)s1. The number of nitrogens with zero attached hydrogens (tertiary/aromatic N) is 4. The summed E-state index contributed by atoms with van der Waals surface area (Å²) < 4.78 is 11.0. The number of thiazole rings is 1. The molecule has 1 atom stereocenters. The summed E-state index contributed by atoms with van der Waals surface area (Å²) in [6.45, 7) is 2.90. The minimum atomic E-state index is -0.258. The Morgan fingerprint density at radius 3 is 2.81 bits per heavy atom. The standard InChI is InChI=1S/C19H20N4O3S/c1-13-20-10-14(27-13)11-22(2)12-19(24)23-16(18-6-4-8-26-18)9-15(21-23)17-5-3-7-25-17/h3-8,10,16H,9,11-12H2,1-2H3. The molecule has 0 N–H and O–H groups in total. The number of carbonyl (C=O) groups excluding carboxylic acids is 1. The molecule has 0 spiro atoms. The molecule has 0 saturated carbocycles. The summed E-state index contributed by atoms with van der Waals surface area (Å²) in [4.78, 5) is 20.3. The highest BCUT2D eigenvalue weighted by atomic mass is 32.1. The predicted molar refractivity (Wildman–Crippen MR) is 101 cm³/mol. The zero-order valence-electron chi connectivity index (χ0n) is 15.2. The Morgan fingerprint density at radius 2 is 2.15 bits per heavy atom. The number of amides is 1. The maximum absolute atomic E-state index is 13.0. The van der Waals surface area contributed by atoms with Gasteiger partial charge in [-0.05, 0) is 38.2 Å². The summed E-state index contributed by atoms with van der Waals surface area (Å²) in [6, 6.07) is 7.10. The van der Waals surface area contributed by atoms with Crippen LogP contribution >= 0.6 is 11.3 Å². The van der Waals surface area contributed by atoms with Gasteiger partial charge in [0.2, 0.25) is 0 Å². The van der Waals surface area contributed by atoms with Crippen molar-refractivity contribution in [2.75, 3.05) is 13.6 Å². The predicted octanol–water partition coefficient (Wildman–Crippen LogP) is 3.45. The lowest BCUT2D eigenvalue weighted by atomic mass is 10.1. The van der Waals surface area contributed by atoms with Crippen molar-refractivity contribution < 1.29 is 13.6 Å². The number of hydrogen-bond acceptors (Lipinski definition) is 7. The Morgan fingerprint density at radius 1 is 1.33 bits per heavy atom. The fraction of sp³-hybridized carbons (Fsp3) is 0.316. The molecule has 0 aliphatic carbocycles. The van der Waals surface area contributed by atoms with E-state index in [9.17, 15) is 4.79 Å². The fourth-order valence-corrected chi connectivity index (χ4v) is 4.01. The largest absolute Gasteiger partial charge is 0.467 e. The molecular formula is C19H20N4O3S. The van der Waals surface area contributed by atoms with Crippen molar-refractivity contribution in [2.45, 2.75) is 25.9 Å². The van der Waals surface area contributed by atoms with Crippen molar-refractivity contribution in [3.05, 3.63) is 64.4 Å². The van der Waals surface area contributed by atoms with Crippen LogP contribution in [0.25, 0.3) is 0 Å².